The molecule has 4 rings (SSSR count). The number of benzene rings is 2. The van der Waals surface area contributed by atoms with E-state index < -0.39 is 0 Å². The molecule has 1 aromatic heterocycles. The second kappa shape index (κ2) is 8.90. The topological polar surface area (TPSA) is 102 Å². The molecule has 2 amide bonds. The van der Waals surface area contributed by atoms with Gasteiger partial charge in [-0.25, -0.2) is 4.68 Å². The largest absolute Gasteiger partial charge is 0.352 e. The quantitative estimate of drug-likeness (QED) is 0.592. The van der Waals surface area contributed by atoms with Gasteiger partial charge in [-0.3, -0.25) is 9.59 Å². The fourth-order valence-electron chi connectivity index (χ4n) is 3.39. The maximum atomic E-state index is 12.3. The van der Waals surface area contributed by atoms with Crippen molar-refractivity contribution in [3.05, 3.63) is 59.7 Å². The third kappa shape index (κ3) is 5.19. The Kier molecular flexibility index (Phi) is 6.03. The Bertz CT molecular complexity index is 1090. The number of hydrogen-bond acceptors (Lipinski definition) is 5. The van der Waals surface area contributed by atoms with Gasteiger partial charge in [0.2, 0.25) is 5.91 Å². The van der Waals surface area contributed by atoms with Gasteiger partial charge in [0.05, 0.1) is 6.04 Å². The van der Waals surface area contributed by atoms with E-state index in [0.717, 1.165) is 24.2 Å². The number of carbonyl (C=O) groups excluding carboxylic acids is 2. The highest BCUT2D eigenvalue weighted by molar-refractivity contribution is 5.95. The Morgan fingerprint density at radius 3 is 2.34 bits per heavy atom. The SMILES string of the molecule is CC(C)(C)c1ccc(C(=O)NCCC(=O)Nc2ccc(-c3nnnn3C3CC3)cc2)cc1. The van der Waals surface area contributed by atoms with E-state index in [1.165, 1.54) is 5.56 Å². The summed E-state index contributed by atoms with van der Waals surface area (Å²) in [5.74, 6) is 0.392. The second-order valence-corrected chi connectivity index (χ2v) is 9.14. The molecule has 2 aromatic carbocycles. The molecule has 1 aliphatic rings. The van der Waals surface area contributed by atoms with Crippen LogP contribution >= 0.6 is 0 Å². The van der Waals surface area contributed by atoms with Gasteiger partial charge in [0.25, 0.3) is 5.91 Å². The Balaban J connectivity index is 1.25. The van der Waals surface area contributed by atoms with E-state index in [4.69, 9.17) is 0 Å². The van der Waals surface area contributed by atoms with Crippen molar-refractivity contribution in [2.45, 2.75) is 51.5 Å². The molecule has 8 nitrogen and oxygen atoms in total. The molecule has 1 saturated carbocycles. The normalized spacial score (nSPS) is 13.6. The molecule has 0 bridgehead atoms. The van der Waals surface area contributed by atoms with Crippen LogP contribution in [0, 0.1) is 0 Å². The maximum Gasteiger partial charge on any atom is 0.251 e. The molecule has 0 atom stereocenters. The Morgan fingerprint density at radius 2 is 1.72 bits per heavy atom. The third-order valence-electron chi connectivity index (χ3n) is 5.46. The number of aromatic nitrogens is 4. The summed E-state index contributed by atoms with van der Waals surface area (Å²) in [5.41, 5.74) is 3.39. The molecule has 166 valence electrons. The van der Waals surface area contributed by atoms with Crippen LogP contribution in [0.1, 0.15) is 62.0 Å². The first kappa shape index (κ1) is 21.7. The van der Waals surface area contributed by atoms with Gasteiger partial charge in [-0.2, -0.15) is 0 Å². The van der Waals surface area contributed by atoms with E-state index in [1.54, 1.807) is 0 Å². The van der Waals surface area contributed by atoms with Crippen molar-refractivity contribution in [1.29, 1.82) is 0 Å². The first-order valence-electron chi connectivity index (χ1n) is 10.9. The number of amides is 2. The molecule has 1 heterocycles. The van der Waals surface area contributed by atoms with Crippen LogP contribution in [0.25, 0.3) is 11.4 Å². The molecular formula is C24H28N6O2. The fraction of sp³-hybridized carbons (Fsp3) is 0.375. The van der Waals surface area contributed by atoms with Crippen LogP contribution < -0.4 is 10.6 Å². The van der Waals surface area contributed by atoms with E-state index in [-0.39, 0.29) is 30.2 Å². The third-order valence-corrected chi connectivity index (χ3v) is 5.46. The summed E-state index contributed by atoms with van der Waals surface area (Å²) in [6.45, 7) is 6.66. The zero-order valence-electron chi connectivity index (χ0n) is 18.6. The van der Waals surface area contributed by atoms with Crippen LogP contribution in [0.4, 0.5) is 5.69 Å². The van der Waals surface area contributed by atoms with Crippen LogP contribution in [0.5, 0.6) is 0 Å². The van der Waals surface area contributed by atoms with Crippen molar-refractivity contribution in [1.82, 2.24) is 25.5 Å². The standard InChI is InChI=1S/C24H28N6O2/c1-24(2,3)18-8-4-17(5-9-18)23(32)25-15-14-21(31)26-19-10-6-16(7-11-19)22-27-28-29-30(22)20-12-13-20/h4-11,20H,12-15H2,1-3H3,(H,25,32)(H,26,31). The molecule has 1 aliphatic carbocycles. The Labute approximate surface area is 187 Å². The van der Waals surface area contributed by atoms with Crippen LogP contribution in [-0.2, 0) is 10.2 Å². The molecular weight excluding hydrogens is 404 g/mol. The molecule has 0 unspecified atom stereocenters. The number of nitrogens with one attached hydrogen (secondary N) is 2. The lowest BCUT2D eigenvalue weighted by molar-refractivity contribution is -0.116. The predicted molar refractivity (Wildman–Crippen MR) is 122 cm³/mol. The van der Waals surface area contributed by atoms with Crippen LogP contribution in [0.15, 0.2) is 48.5 Å². The monoisotopic (exact) mass is 432 g/mol. The zero-order chi connectivity index (χ0) is 22.7. The predicted octanol–water partition coefficient (Wildman–Crippen LogP) is 3.73. The Hall–Kier alpha value is -3.55. The number of hydrogen-bond donors (Lipinski definition) is 2. The van der Waals surface area contributed by atoms with Crippen molar-refractivity contribution in [2.24, 2.45) is 0 Å². The summed E-state index contributed by atoms with van der Waals surface area (Å²) in [6, 6.07) is 15.4. The van der Waals surface area contributed by atoms with Gasteiger partial charge in [0.1, 0.15) is 0 Å². The summed E-state index contributed by atoms with van der Waals surface area (Å²) in [7, 11) is 0. The summed E-state index contributed by atoms with van der Waals surface area (Å²) >= 11 is 0. The van der Waals surface area contributed by atoms with Crippen LogP contribution in [0.2, 0.25) is 0 Å². The minimum atomic E-state index is -0.184. The van der Waals surface area contributed by atoms with Gasteiger partial charge in [-0.05, 0) is 70.6 Å². The number of carbonyl (C=O) groups is 2. The minimum Gasteiger partial charge on any atom is -0.352 e. The van der Waals surface area contributed by atoms with E-state index in [2.05, 4.69) is 46.9 Å². The Morgan fingerprint density at radius 1 is 1.03 bits per heavy atom. The van der Waals surface area contributed by atoms with Crippen LogP contribution in [-0.4, -0.2) is 38.6 Å². The van der Waals surface area contributed by atoms with Gasteiger partial charge >= 0.3 is 0 Å². The molecule has 0 radical (unpaired) electrons. The smallest absolute Gasteiger partial charge is 0.251 e. The average Bonchev–Trinajstić information content (AvgIpc) is 3.50. The molecule has 8 heteroatoms. The van der Waals surface area contributed by atoms with E-state index in [9.17, 15) is 9.59 Å². The number of tetrazole rings is 1. The summed E-state index contributed by atoms with van der Waals surface area (Å²) in [6.07, 6.45) is 2.39. The first-order chi connectivity index (χ1) is 15.3. The highest BCUT2D eigenvalue weighted by atomic mass is 16.2. The summed E-state index contributed by atoms with van der Waals surface area (Å²) in [4.78, 5) is 24.6. The number of nitrogens with zero attached hydrogens (tertiary/aromatic N) is 4. The van der Waals surface area contributed by atoms with E-state index >= 15 is 0 Å². The van der Waals surface area contributed by atoms with Crippen molar-refractivity contribution in [3.63, 3.8) is 0 Å². The zero-order valence-corrected chi connectivity index (χ0v) is 18.6. The van der Waals surface area contributed by atoms with Gasteiger partial charge in [0, 0.05) is 29.8 Å². The van der Waals surface area contributed by atoms with Gasteiger partial charge in [-0.15, -0.1) is 5.10 Å². The summed E-state index contributed by atoms with van der Waals surface area (Å²) < 4.78 is 1.85. The maximum absolute atomic E-state index is 12.3. The first-order valence-corrected chi connectivity index (χ1v) is 10.9. The average molecular weight is 433 g/mol. The number of anilines is 1. The lowest BCUT2D eigenvalue weighted by Crippen LogP contribution is -2.27. The van der Waals surface area contributed by atoms with Gasteiger partial charge in [-0.1, -0.05) is 32.9 Å². The van der Waals surface area contributed by atoms with Crippen molar-refractivity contribution in [3.8, 4) is 11.4 Å². The molecule has 3 aromatic rings. The molecule has 0 saturated heterocycles. The van der Waals surface area contributed by atoms with Gasteiger partial charge in [0.15, 0.2) is 5.82 Å². The second-order valence-electron chi connectivity index (χ2n) is 9.14. The lowest BCUT2D eigenvalue weighted by atomic mass is 9.87. The van der Waals surface area contributed by atoms with Crippen molar-refractivity contribution < 1.29 is 9.59 Å². The minimum absolute atomic E-state index is 0.0388. The van der Waals surface area contributed by atoms with Crippen LogP contribution in [0.3, 0.4) is 0 Å². The molecule has 1 fully saturated rings. The molecule has 2 N–H and O–H groups in total. The van der Waals surface area contributed by atoms with Crippen molar-refractivity contribution >= 4 is 17.5 Å². The molecule has 32 heavy (non-hydrogen) atoms. The molecule has 0 spiro atoms. The highest BCUT2D eigenvalue weighted by Gasteiger charge is 2.28. The summed E-state index contributed by atoms with van der Waals surface area (Å²) in [5, 5.41) is 17.6. The van der Waals surface area contributed by atoms with Gasteiger partial charge < -0.3 is 10.6 Å². The molecule has 0 aliphatic heterocycles. The van der Waals surface area contributed by atoms with E-state index in [0.29, 0.717) is 17.3 Å². The van der Waals surface area contributed by atoms with E-state index in [1.807, 2.05) is 53.2 Å². The van der Waals surface area contributed by atoms with Crippen molar-refractivity contribution in [2.75, 3.05) is 11.9 Å². The fourth-order valence-corrected chi connectivity index (χ4v) is 3.39. The lowest BCUT2D eigenvalue weighted by Gasteiger charge is -2.19. The highest BCUT2D eigenvalue weighted by Crippen LogP contribution is 2.36. The number of rotatable bonds is 7.